The van der Waals surface area contributed by atoms with Gasteiger partial charge in [-0.25, -0.2) is 18.5 Å². The van der Waals surface area contributed by atoms with Crippen molar-refractivity contribution in [1.82, 2.24) is 18.9 Å². The Labute approximate surface area is 228 Å². The maximum absolute atomic E-state index is 13.7. The molecular weight excluding hydrogens is 525 g/mol. The molecule has 0 aliphatic rings. The summed E-state index contributed by atoms with van der Waals surface area (Å²) in [7, 11) is 6.09. The lowest BCUT2D eigenvalue weighted by Gasteiger charge is -2.19. The van der Waals surface area contributed by atoms with Crippen LogP contribution in [-0.4, -0.2) is 82.3 Å². The van der Waals surface area contributed by atoms with Gasteiger partial charge in [-0.3, -0.25) is 14.4 Å². The predicted octanol–water partition coefficient (Wildman–Crippen LogP) is 2.95. The number of hydrogen-bond acceptors (Lipinski definition) is 6. The molecule has 0 spiro atoms. The average Bonchev–Trinajstić information content (AvgIpc) is 3.24. The molecule has 1 aromatic carbocycles. The molecule has 0 radical (unpaired) electrons. The number of likely N-dealkylation sites (N-methyl/N-ethyl adjacent to an activating group) is 1. The van der Waals surface area contributed by atoms with Gasteiger partial charge >= 0.3 is 12.2 Å². The number of amides is 3. The molecule has 3 amide bonds. The van der Waals surface area contributed by atoms with Crippen molar-refractivity contribution in [2.75, 3.05) is 33.5 Å². The van der Waals surface area contributed by atoms with Crippen LogP contribution in [0.1, 0.15) is 18.5 Å². The minimum absolute atomic E-state index is 0.0406. The first-order valence-corrected chi connectivity index (χ1v) is 12.2. The van der Waals surface area contributed by atoms with E-state index in [2.05, 4.69) is 5.32 Å². The molecule has 3 aromatic rings. The number of halogens is 1. The number of aromatic nitrogens is 2. The highest BCUT2D eigenvalue weighted by molar-refractivity contribution is 5.95. The second-order valence-electron chi connectivity index (χ2n) is 9.28. The summed E-state index contributed by atoms with van der Waals surface area (Å²) in [5.41, 5.74) is -0.303. The summed E-state index contributed by atoms with van der Waals surface area (Å²) in [5, 5.41) is 12.5. The molecule has 2 aromatic heterocycles. The summed E-state index contributed by atoms with van der Waals surface area (Å²) in [6, 6.07) is 7.99. The minimum Gasteiger partial charge on any atom is -0.464 e. The van der Waals surface area contributed by atoms with Crippen LogP contribution in [0.2, 0.25) is 0 Å². The summed E-state index contributed by atoms with van der Waals surface area (Å²) in [4.78, 5) is 64.5. The van der Waals surface area contributed by atoms with E-state index in [-0.39, 0.29) is 42.2 Å². The van der Waals surface area contributed by atoms with Gasteiger partial charge < -0.3 is 29.5 Å². The second-order valence-corrected chi connectivity index (χ2v) is 9.28. The Morgan fingerprint density at radius 2 is 1.82 bits per heavy atom. The highest BCUT2D eigenvalue weighted by Crippen LogP contribution is 2.22. The quantitative estimate of drug-likeness (QED) is 0.387. The van der Waals surface area contributed by atoms with Gasteiger partial charge in [0.05, 0.1) is 12.1 Å². The van der Waals surface area contributed by atoms with Gasteiger partial charge in [-0.1, -0.05) is 6.08 Å². The van der Waals surface area contributed by atoms with Gasteiger partial charge in [-0.2, -0.15) is 0 Å². The van der Waals surface area contributed by atoms with Crippen LogP contribution in [0.3, 0.4) is 0 Å². The zero-order chi connectivity index (χ0) is 29.6. The van der Waals surface area contributed by atoms with Gasteiger partial charge in [-0.15, -0.1) is 0 Å². The molecule has 40 heavy (non-hydrogen) atoms. The first-order valence-electron chi connectivity index (χ1n) is 12.2. The lowest BCUT2D eigenvalue weighted by Crippen LogP contribution is -2.37. The largest absolute Gasteiger partial charge is 0.464 e. The zero-order valence-electron chi connectivity index (χ0n) is 22.5. The molecule has 0 saturated heterocycles. The average molecular weight is 556 g/mol. The molecule has 0 bridgehead atoms. The molecule has 3 rings (SSSR count). The smallest absolute Gasteiger partial charge is 0.416 e. The maximum atomic E-state index is 13.7. The lowest BCUT2D eigenvalue weighted by atomic mass is 10.1. The van der Waals surface area contributed by atoms with Gasteiger partial charge in [0, 0.05) is 45.5 Å². The first kappa shape index (κ1) is 29.6. The summed E-state index contributed by atoms with van der Waals surface area (Å²) >= 11 is 0. The van der Waals surface area contributed by atoms with E-state index in [1.165, 1.54) is 66.2 Å². The summed E-state index contributed by atoms with van der Waals surface area (Å²) in [6.45, 7) is -0.186. The molecule has 12 nitrogen and oxygen atoms in total. The van der Waals surface area contributed by atoms with E-state index in [1.807, 2.05) is 0 Å². The SMILES string of the molecule is CN(C)C(=O)/C=C/CCC(OC(=O)N(C)C)C(=O)Nc1cccn(Cc2cc3cc(F)ccc3n2C(=O)O)c1=O. The maximum Gasteiger partial charge on any atom is 0.416 e. The predicted molar refractivity (Wildman–Crippen MR) is 145 cm³/mol. The molecule has 212 valence electrons. The normalized spacial score (nSPS) is 11.8. The molecule has 0 aliphatic carbocycles. The molecule has 0 aliphatic heterocycles. The highest BCUT2D eigenvalue weighted by Gasteiger charge is 2.25. The third-order valence-corrected chi connectivity index (χ3v) is 5.84. The van der Waals surface area contributed by atoms with Crippen molar-refractivity contribution in [1.29, 1.82) is 0 Å². The number of carbonyl (C=O) groups is 4. The van der Waals surface area contributed by atoms with Crippen LogP contribution in [0.5, 0.6) is 0 Å². The van der Waals surface area contributed by atoms with Gasteiger partial charge in [0.15, 0.2) is 6.10 Å². The highest BCUT2D eigenvalue weighted by atomic mass is 19.1. The number of fused-ring (bicyclic) bond motifs is 1. The summed E-state index contributed by atoms with van der Waals surface area (Å²) < 4.78 is 21.1. The molecular formula is C27H30FN5O7. The van der Waals surface area contributed by atoms with Crippen molar-refractivity contribution in [3.05, 3.63) is 76.6 Å². The van der Waals surface area contributed by atoms with E-state index >= 15 is 0 Å². The van der Waals surface area contributed by atoms with Crippen molar-refractivity contribution in [3.8, 4) is 0 Å². The topological polar surface area (TPSA) is 143 Å². The number of rotatable bonds is 9. The Kier molecular flexibility index (Phi) is 9.43. The van der Waals surface area contributed by atoms with E-state index in [9.17, 15) is 33.5 Å². The lowest BCUT2D eigenvalue weighted by molar-refractivity contribution is -0.125. The number of nitrogens with zero attached hydrogens (tertiary/aromatic N) is 4. The second kappa shape index (κ2) is 12.7. The number of pyridine rings is 1. The molecule has 0 saturated carbocycles. The Morgan fingerprint density at radius 1 is 1.10 bits per heavy atom. The van der Waals surface area contributed by atoms with Crippen molar-refractivity contribution >= 4 is 40.6 Å². The molecule has 2 heterocycles. The molecule has 1 unspecified atom stereocenters. The zero-order valence-corrected chi connectivity index (χ0v) is 22.5. The van der Waals surface area contributed by atoms with Crippen LogP contribution in [0.25, 0.3) is 10.9 Å². The molecule has 1 atom stereocenters. The van der Waals surface area contributed by atoms with Crippen molar-refractivity contribution in [2.45, 2.75) is 25.5 Å². The first-order chi connectivity index (χ1) is 18.9. The number of benzene rings is 1. The van der Waals surface area contributed by atoms with Gasteiger partial charge in [-0.05, 0) is 55.3 Å². The van der Waals surface area contributed by atoms with E-state index in [1.54, 1.807) is 20.2 Å². The van der Waals surface area contributed by atoms with Crippen molar-refractivity contribution in [2.24, 2.45) is 0 Å². The van der Waals surface area contributed by atoms with Crippen LogP contribution >= 0.6 is 0 Å². The standard InChI is InChI=1S/C27H30FN5O7/c1-30(2)23(34)10-6-5-9-22(40-27(39)31(3)4)24(35)29-20-8-7-13-32(25(20)36)16-19-15-17-14-18(28)11-12-21(17)33(19)26(37)38/h6-8,10-15,22H,5,9,16H2,1-4H3,(H,29,35)(H,37,38)/b10-6+. The third kappa shape index (κ3) is 7.12. The van der Waals surface area contributed by atoms with Crippen LogP contribution in [-0.2, 0) is 20.9 Å². The number of carboxylic acid groups (broad SMARTS) is 1. The molecule has 13 heteroatoms. The number of hydrogen-bond donors (Lipinski definition) is 2. The monoisotopic (exact) mass is 555 g/mol. The van der Waals surface area contributed by atoms with Gasteiger partial charge in [0.1, 0.15) is 11.5 Å². The van der Waals surface area contributed by atoms with Crippen LogP contribution < -0.4 is 10.9 Å². The Bertz CT molecular complexity index is 1520. The summed E-state index contributed by atoms with van der Waals surface area (Å²) in [6.07, 6.45) is 1.23. The number of carbonyl (C=O) groups excluding carboxylic acids is 3. The number of nitrogens with one attached hydrogen (secondary N) is 1. The van der Waals surface area contributed by atoms with Gasteiger partial charge in [0.25, 0.3) is 11.5 Å². The van der Waals surface area contributed by atoms with Gasteiger partial charge in [0.2, 0.25) is 5.91 Å². The fourth-order valence-corrected chi connectivity index (χ4v) is 3.78. The Balaban J connectivity index is 1.83. The number of ether oxygens (including phenoxy) is 1. The molecule has 2 N–H and O–H groups in total. The fourth-order valence-electron chi connectivity index (χ4n) is 3.78. The number of allylic oxidation sites excluding steroid dienone is 1. The Morgan fingerprint density at radius 3 is 2.48 bits per heavy atom. The minimum atomic E-state index is -1.30. The third-order valence-electron chi connectivity index (χ3n) is 5.84. The van der Waals surface area contributed by atoms with E-state index in [0.29, 0.717) is 5.39 Å². The summed E-state index contributed by atoms with van der Waals surface area (Å²) in [5.74, 6) is -1.54. The van der Waals surface area contributed by atoms with Crippen molar-refractivity contribution < 1.29 is 33.4 Å². The van der Waals surface area contributed by atoms with Crippen LogP contribution in [0, 0.1) is 5.82 Å². The molecule has 0 fully saturated rings. The number of anilines is 1. The van der Waals surface area contributed by atoms with E-state index in [4.69, 9.17) is 4.74 Å². The van der Waals surface area contributed by atoms with Crippen molar-refractivity contribution in [3.63, 3.8) is 0 Å². The fraction of sp³-hybridized carbons (Fsp3) is 0.296. The van der Waals surface area contributed by atoms with E-state index in [0.717, 1.165) is 15.5 Å². The van der Waals surface area contributed by atoms with E-state index < -0.39 is 35.6 Å². The van der Waals surface area contributed by atoms with Crippen LogP contribution in [0.15, 0.2) is 59.5 Å². The van der Waals surface area contributed by atoms with Crippen LogP contribution in [0.4, 0.5) is 19.7 Å². The Hall–Kier alpha value is -4.94.